The number of aliphatic imine (C=N–C) groups is 1. The number of nitriles is 1. The number of likely N-dealkylation sites (tertiary alicyclic amines) is 2. The third-order valence-corrected chi connectivity index (χ3v) is 7.36. The highest BCUT2D eigenvalue weighted by molar-refractivity contribution is 6.29. The Hall–Kier alpha value is -2.20. The summed E-state index contributed by atoms with van der Waals surface area (Å²) in [5.74, 6) is 2.01. The van der Waals surface area contributed by atoms with Crippen LogP contribution in [0, 0.1) is 34.1 Å². The van der Waals surface area contributed by atoms with Crippen LogP contribution in [0.1, 0.15) is 73.4 Å². The summed E-state index contributed by atoms with van der Waals surface area (Å²) in [6, 6.07) is 3.74. The van der Waals surface area contributed by atoms with Gasteiger partial charge in [-0.1, -0.05) is 60.1 Å². The van der Waals surface area contributed by atoms with Gasteiger partial charge in [0.1, 0.15) is 5.84 Å². The molecule has 1 amide bonds. The quantitative estimate of drug-likeness (QED) is 0.323. The average molecular weight is 487 g/mol. The molecule has 2 fully saturated rings. The zero-order valence-corrected chi connectivity index (χ0v) is 22.5. The Bertz CT molecular complexity index is 951. The monoisotopic (exact) mass is 486 g/mol. The first-order valence-corrected chi connectivity index (χ1v) is 12.6. The van der Waals surface area contributed by atoms with E-state index in [1.165, 1.54) is 0 Å². The van der Waals surface area contributed by atoms with Crippen molar-refractivity contribution in [2.75, 3.05) is 26.2 Å². The number of rotatable bonds is 6. The second-order valence-electron chi connectivity index (χ2n) is 12.4. The summed E-state index contributed by atoms with van der Waals surface area (Å²) in [5.41, 5.74) is 0.250. The molecule has 3 heterocycles. The predicted octanol–water partition coefficient (Wildman–Crippen LogP) is 4.92. The first kappa shape index (κ1) is 26.4. The topological polar surface area (TPSA) is 85.5 Å². The van der Waals surface area contributed by atoms with Gasteiger partial charge in [-0.15, -0.1) is 5.10 Å². The van der Waals surface area contributed by atoms with Gasteiger partial charge in [0.05, 0.1) is 5.69 Å². The minimum absolute atomic E-state index is 0.108. The molecule has 2 aliphatic rings. The number of amides is 1. The van der Waals surface area contributed by atoms with Crippen molar-refractivity contribution in [2.24, 2.45) is 27.7 Å². The van der Waals surface area contributed by atoms with Crippen molar-refractivity contribution in [1.29, 1.82) is 5.26 Å². The lowest BCUT2D eigenvalue weighted by Gasteiger charge is -2.47. The van der Waals surface area contributed by atoms with Crippen LogP contribution in [-0.4, -0.2) is 57.9 Å². The van der Waals surface area contributed by atoms with Crippen molar-refractivity contribution in [3.8, 4) is 6.19 Å². The molecule has 1 aromatic heterocycles. The van der Waals surface area contributed by atoms with Gasteiger partial charge in [-0.2, -0.15) is 15.4 Å². The van der Waals surface area contributed by atoms with Crippen molar-refractivity contribution in [3.05, 3.63) is 23.0 Å². The molecule has 186 valence electrons. The largest absolute Gasteiger partial charge is 0.358 e. The van der Waals surface area contributed by atoms with E-state index in [1.54, 1.807) is 6.07 Å². The van der Waals surface area contributed by atoms with Gasteiger partial charge < -0.3 is 9.80 Å². The Balaban J connectivity index is 1.59. The molecule has 34 heavy (non-hydrogen) atoms. The molecule has 2 saturated heterocycles. The van der Waals surface area contributed by atoms with Crippen LogP contribution >= 0.6 is 11.6 Å². The van der Waals surface area contributed by atoms with E-state index in [0.717, 1.165) is 57.0 Å². The summed E-state index contributed by atoms with van der Waals surface area (Å²) < 4.78 is 0. The van der Waals surface area contributed by atoms with Crippen molar-refractivity contribution >= 4 is 23.3 Å². The molecule has 0 N–H and O–H groups in total. The molecule has 1 aromatic rings. The molecule has 0 spiro atoms. The molecule has 0 radical (unpaired) electrons. The summed E-state index contributed by atoms with van der Waals surface area (Å²) in [6.45, 7) is 18.0. The fourth-order valence-corrected chi connectivity index (χ4v) is 5.64. The van der Waals surface area contributed by atoms with E-state index in [2.05, 4.69) is 47.8 Å². The van der Waals surface area contributed by atoms with E-state index in [0.29, 0.717) is 17.0 Å². The lowest BCUT2D eigenvalue weighted by atomic mass is 9.75. The highest BCUT2D eigenvalue weighted by atomic mass is 35.5. The number of amidine groups is 1. The highest BCUT2D eigenvalue weighted by Crippen LogP contribution is 2.39. The molecule has 0 bridgehead atoms. The Kier molecular flexibility index (Phi) is 7.62. The molecule has 1 unspecified atom stereocenters. The van der Waals surface area contributed by atoms with Gasteiger partial charge in [0.2, 0.25) is 12.1 Å². The molecule has 2 aliphatic heterocycles. The molecule has 0 saturated carbocycles. The zero-order valence-electron chi connectivity index (χ0n) is 21.7. The van der Waals surface area contributed by atoms with E-state index in [-0.39, 0.29) is 22.2 Å². The molecular weight excluding hydrogens is 448 g/mol. The van der Waals surface area contributed by atoms with E-state index < -0.39 is 0 Å². The highest BCUT2D eigenvalue weighted by Gasteiger charge is 2.42. The molecule has 1 atom stereocenters. The van der Waals surface area contributed by atoms with Crippen LogP contribution in [0.3, 0.4) is 0 Å². The van der Waals surface area contributed by atoms with Gasteiger partial charge >= 0.3 is 0 Å². The van der Waals surface area contributed by atoms with Gasteiger partial charge in [0.25, 0.3) is 0 Å². The van der Waals surface area contributed by atoms with Crippen LogP contribution in [0.15, 0.2) is 17.1 Å². The molecule has 8 heteroatoms. The fourth-order valence-electron chi connectivity index (χ4n) is 5.54. The molecular formula is C26H39ClN6O. The van der Waals surface area contributed by atoms with Crippen LogP contribution in [0.25, 0.3) is 0 Å². The summed E-state index contributed by atoms with van der Waals surface area (Å²) in [7, 11) is 0. The van der Waals surface area contributed by atoms with Gasteiger partial charge in [-0.3, -0.25) is 4.79 Å². The van der Waals surface area contributed by atoms with Gasteiger partial charge in [-0.25, -0.2) is 0 Å². The number of hydrogen-bond donors (Lipinski definition) is 0. The smallest absolute Gasteiger partial charge is 0.227 e. The maximum absolute atomic E-state index is 12.7. The van der Waals surface area contributed by atoms with E-state index in [1.807, 2.05) is 37.9 Å². The second kappa shape index (κ2) is 9.81. The molecule has 7 nitrogen and oxygen atoms in total. The lowest BCUT2D eigenvalue weighted by Crippen LogP contribution is -2.55. The summed E-state index contributed by atoms with van der Waals surface area (Å²) >= 11 is 5.90. The number of carbonyl (C=O) groups excluding carboxylic acids is 1. The van der Waals surface area contributed by atoms with Gasteiger partial charge in [-0.05, 0) is 43.2 Å². The minimum atomic E-state index is -0.351. The number of hydrogen-bond acceptors (Lipinski definition) is 5. The SMILES string of the molecule is CC(C)(C)C(=O)N1CCC(CC(C)(C)/C(=N/C#N)N2CC(CC(C)(C)c3ccc(Cl)nn3)C2)C1. The van der Waals surface area contributed by atoms with Gasteiger partial charge in [0, 0.05) is 42.4 Å². The Morgan fingerprint density at radius 2 is 1.71 bits per heavy atom. The summed E-state index contributed by atoms with van der Waals surface area (Å²) in [5, 5.41) is 18.1. The van der Waals surface area contributed by atoms with Crippen molar-refractivity contribution < 1.29 is 4.79 Å². The molecule has 0 aliphatic carbocycles. The van der Waals surface area contributed by atoms with Crippen LogP contribution in [0.4, 0.5) is 0 Å². The first-order valence-electron chi connectivity index (χ1n) is 12.2. The van der Waals surface area contributed by atoms with E-state index in [4.69, 9.17) is 11.6 Å². The number of halogens is 1. The third kappa shape index (κ3) is 6.07. The predicted molar refractivity (Wildman–Crippen MR) is 135 cm³/mol. The first-order chi connectivity index (χ1) is 15.7. The minimum Gasteiger partial charge on any atom is -0.358 e. The number of aromatic nitrogens is 2. The standard InChI is InChI=1S/C26H39ClN6O/c1-24(2,3)23(34)32-11-10-18(14-32)12-26(6,7)22(29-17-28)33-15-19(16-33)13-25(4,5)20-8-9-21(27)31-30-20/h8-9,18-19H,10-16H2,1-7H3/b29-22-. The molecule has 3 rings (SSSR count). The number of carbonyl (C=O) groups is 1. The van der Waals surface area contributed by atoms with Crippen molar-refractivity contribution in [2.45, 2.75) is 73.1 Å². The third-order valence-electron chi connectivity index (χ3n) is 7.16. The van der Waals surface area contributed by atoms with E-state index in [9.17, 15) is 10.1 Å². The van der Waals surface area contributed by atoms with Crippen LogP contribution in [0.2, 0.25) is 5.15 Å². The maximum Gasteiger partial charge on any atom is 0.227 e. The Morgan fingerprint density at radius 3 is 2.26 bits per heavy atom. The lowest BCUT2D eigenvalue weighted by molar-refractivity contribution is -0.138. The fraction of sp³-hybridized carbons (Fsp3) is 0.731. The summed E-state index contributed by atoms with van der Waals surface area (Å²) in [6.07, 6.45) is 4.93. The molecule has 0 aromatic carbocycles. The average Bonchev–Trinajstić information content (AvgIpc) is 3.15. The van der Waals surface area contributed by atoms with Crippen molar-refractivity contribution in [3.63, 3.8) is 0 Å². The van der Waals surface area contributed by atoms with Crippen LogP contribution in [0.5, 0.6) is 0 Å². The normalized spacial score (nSPS) is 20.3. The Morgan fingerprint density at radius 1 is 1.06 bits per heavy atom. The summed E-state index contributed by atoms with van der Waals surface area (Å²) in [4.78, 5) is 21.2. The van der Waals surface area contributed by atoms with Crippen LogP contribution in [-0.2, 0) is 10.2 Å². The zero-order chi connectivity index (χ0) is 25.3. The van der Waals surface area contributed by atoms with E-state index >= 15 is 0 Å². The maximum atomic E-state index is 12.7. The second-order valence-corrected chi connectivity index (χ2v) is 12.8. The van der Waals surface area contributed by atoms with Crippen molar-refractivity contribution in [1.82, 2.24) is 20.0 Å². The Labute approximate surface area is 209 Å². The van der Waals surface area contributed by atoms with Crippen LogP contribution < -0.4 is 0 Å². The number of nitrogens with zero attached hydrogens (tertiary/aromatic N) is 6. The van der Waals surface area contributed by atoms with Gasteiger partial charge in [0.15, 0.2) is 5.15 Å².